The quantitative estimate of drug-likeness (QED) is 0.589. The minimum atomic E-state index is -3.59. The van der Waals surface area contributed by atoms with Gasteiger partial charge in [-0.15, -0.1) is 0 Å². The Balaban J connectivity index is 1.83. The van der Waals surface area contributed by atoms with Crippen LogP contribution in [0.4, 0.5) is 0 Å². The van der Waals surface area contributed by atoms with Crippen molar-refractivity contribution in [2.24, 2.45) is 0 Å². The summed E-state index contributed by atoms with van der Waals surface area (Å²) in [6.45, 7) is 3.94. The maximum absolute atomic E-state index is 12.3. The van der Waals surface area contributed by atoms with Gasteiger partial charge in [0.05, 0.1) is 4.90 Å². The molecule has 0 heterocycles. The maximum Gasteiger partial charge on any atom is 0.244 e. The molecular weight excluding hydrogens is 336 g/mol. The predicted molar refractivity (Wildman–Crippen MR) is 99.6 cm³/mol. The van der Waals surface area contributed by atoms with Crippen LogP contribution < -0.4 is 10.0 Å². The average molecular weight is 358 g/mol. The van der Waals surface area contributed by atoms with E-state index in [1.54, 1.807) is 25.1 Å². The van der Waals surface area contributed by atoms with Crippen molar-refractivity contribution in [3.8, 4) is 0 Å². The van der Waals surface area contributed by atoms with Gasteiger partial charge >= 0.3 is 0 Å². The third kappa shape index (κ3) is 5.85. The number of benzene rings is 2. The summed E-state index contributed by atoms with van der Waals surface area (Å²) in [7, 11) is -3.59. The van der Waals surface area contributed by atoms with E-state index in [0.29, 0.717) is 5.56 Å². The van der Waals surface area contributed by atoms with Gasteiger partial charge in [0.15, 0.2) is 0 Å². The van der Waals surface area contributed by atoms with Crippen LogP contribution in [0, 0.1) is 13.8 Å². The summed E-state index contributed by atoms with van der Waals surface area (Å²) in [5.41, 5.74) is 2.49. The molecule has 0 saturated heterocycles. The highest BCUT2D eigenvalue weighted by Crippen LogP contribution is 2.16. The van der Waals surface area contributed by atoms with E-state index >= 15 is 0 Å². The Morgan fingerprint density at radius 1 is 1.04 bits per heavy atom. The van der Waals surface area contributed by atoms with E-state index in [-0.39, 0.29) is 23.9 Å². The van der Waals surface area contributed by atoms with Gasteiger partial charge < -0.3 is 5.32 Å². The number of carbonyl (C=O) groups excluding carboxylic acids is 1. The predicted octanol–water partition coefficient (Wildman–Crippen LogP) is 2.41. The highest BCUT2D eigenvalue weighted by molar-refractivity contribution is 7.89. The first-order valence-corrected chi connectivity index (χ1v) is 9.45. The minimum Gasteiger partial charge on any atom is -0.351 e. The molecule has 0 unspecified atom stereocenters. The molecule has 0 aliphatic carbocycles. The molecule has 2 aromatic carbocycles. The second-order valence-electron chi connectivity index (χ2n) is 5.70. The first kappa shape index (κ1) is 18.9. The monoisotopic (exact) mass is 358 g/mol. The van der Waals surface area contributed by atoms with Gasteiger partial charge in [-0.2, -0.15) is 0 Å². The Bertz CT molecular complexity index is 859. The zero-order chi connectivity index (χ0) is 18.3. The number of sulfonamides is 1. The fourth-order valence-electron chi connectivity index (χ4n) is 2.24. The average Bonchev–Trinajstić information content (AvgIpc) is 2.60. The van der Waals surface area contributed by atoms with Crippen LogP contribution in [-0.4, -0.2) is 27.4 Å². The fraction of sp³-hybridized carbons (Fsp3) is 0.211. The second kappa shape index (κ2) is 8.60. The van der Waals surface area contributed by atoms with Crippen molar-refractivity contribution in [1.82, 2.24) is 10.0 Å². The molecule has 0 aromatic heterocycles. The highest BCUT2D eigenvalue weighted by atomic mass is 32.2. The number of carbonyl (C=O) groups is 1. The minimum absolute atomic E-state index is 0.126. The van der Waals surface area contributed by atoms with Crippen molar-refractivity contribution in [2.75, 3.05) is 13.1 Å². The summed E-state index contributed by atoms with van der Waals surface area (Å²) in [5, 5.41) is 2.65. The van der Waals surface area contributed by atoms with Gasteiger partial charge in [0.2, 0.25) is 15.9 Å². The standard InChI is InChI=1S/C19H22N2O3S/c1-15-8-9-16(2)18(14-15)25(23,24)21-13-12-20-19(22)11-10-17-6-4-3-5-7-17/h3-11,14,21H,12-13H2,1-2H3,(H,20,22). The molecule has 1 amide bonds. The number of hydrogen-bond acceptors (Lipinski definition) is 3. The number of amides is 1. The highest BCUT2D eigenvalue weighted by Gasteiger charge is 2.16. The molecule has 25 heavy (non-hydrogen) atoms. The number of hydrogen-bond donors (Lipinski definition) is 2. The molecule has 0 atom stereocenters. The molecule has 0 bridgehead atoms. The van der Waals surface area contributed by atoms with Crippen LogP contribution in [0.3, 0.4) is 0 Å². The van der Waals surface area contributed by atoms with Gasteiger partial charge in [-0.25, -0.2) is 13.1 Å². The van der Waals surface area contributed by atoms with Crippen molar-refractivity contribution >= 4 is 22.0 Å². The first-order chi connectivity index (χ1) is 11.9. The fourth-order valence-corrected chi connectivity index (χ4v) is 3.60. The lowest BCUT2D eigenvalue weighted by Gasteiger charge is -2.10. The molecule has 0 radical (unpaired) electrons. The van der Waals surface area contributed by atoms with Crippen molar-refractivity contribution < 1.29 is 13.2 Å². The summed E-state index contributed by atoms with van der Waals surface area (Å²) in [4.78, 5) is 12.0. The van der Waals surface area contributed by atoms with Gasteiger partial charge in [0, 0.05) is 19.2 Å². The summed E-state index contributed by atoms with van der Waals surface area (Å²) in [6.07, 6.45) is 3.13. The van der Waals surface area contributed by atoms with Gasteiger partial charge in [-0.1, -0.05) is 42.5 Å². The van der Waals surface area contributed by atoms with Crippen LogP contribution in [0.1, 0.15) is 16.7 Å². The number of rotatable bonds is 7. The van der Waals surface area contributed by atoms with Crippen LogP contribution >= 0.6 is 0 Å². The van der Waals surface area contributed by atoms with Crippen molar-refractivity contribution in [3.63, 3.8) is 0 Å². The molecule has 0 spiro atoms. The normalized spacial score (nSPS) is 11.6. The molecule has 0 aliphatic rings. The second-order valence-corrected chi connectivity index (χ2v) is 7.44. The van der Waals surface area contributed by atoms with E-state index in [1.807, 2.05) is 43.3 Å². The largest absolute Gasteiger partial charge is 0.351 e. The maximum atomic E-state index is 12.3. The van der Waals surface area contributed by atoms with Gasteiger partial charge in [0.1, 0.15) is 0 Å². The number of aryl methyl sites for hydroxylation is 2. The van der Waals surface area contributed by atoms with Crippen molar-refractivity contribution in [1.29, 1.82) is 0 Å². The van der Waals surface area contributed by atoms with E-state index < -0.39 is 10.0 Å². The molecule has 132 valence electrons. The summed E-state index contributed by atoms with van der Waals surface area (Å²) in [5.74, 6) is -0.269. The van der Waals surface area contributed by atoms with Crippen molar-refractivity contribution in [3.05, 3.63) is 71.3 Å². The Kier molecular flexibility index (Phi) is 6.50. The third-order valence-electron chi connectivity index (χ3n) is 3.58. The molecule has 2 rings (SSSR count). The Morgan fingerprint density at radius 2 is 1.76 bits per heavy atom. The summed E-state index contributed by atoms with van der Waals surface area (Å²) in [6, 6.07) is 14.7. The molecular formula is C19H22N2O3S. The lowest BCUT2D eigenvalue weighted by Crippen LogP contribution is -2.34. The molecule has 0 aliphatic heterocycles. The molecule has 2 aromatic rings. The SMILES string of the molecule is Cc1ccc(C)c(S(=O)(=O)NCCNC(=O)C=Cc2ccccc2)c1. The van der Waals surface area contributed by atoms with Crippen LogP contribution in [0.25, 0.3) is 6.08 Å². The third-order valence-corrected chi connectivity index (χ3v) is 5.18. The van der Waals surface area contributed by atoms with E-state index in [1.165, 1.54) is 6.08 Å². The van der Waals surface area contributed by atoms with Gasteiger partial charge in [0.25, 0.3) is 0 Å². The Labute approximate surface area is 148 Å². The van der Waals surface area contributed by atoms with Gasteiger partial charge in [-0.3, -0.25) is 4.79 Å². The number of nitrogens with one attached hydrogen (secondary N) is 2. The van der Waals surface area contributed by atoms with Crippen LogP contribution in [-0.2, 0) is 14.8 Å². The van der Waals surface area contributed by atoms with Crippen LogP contribution in [0.2, 0.25) is 0 Å². The lowest BCUT2D eigenvalue weighted by atomic mass is 10.2. The van der Waals surface area contributed by atoms with E-state index in [4.69, 9.17) is 0 Å². The molecule has 0 fully saturated rings. The van der Waals surface area contributed by atoms with Crippen molar-refractivity contribution in [2.45, 2.75) is 18.7 Å². The molecule has 2 N–H and O–H groups in total. The Hall–Kier alpha value is -2.44. The van der Waals surface area contributed by atoms with Crippen LogP contribution in [0.15, 0.2) is 59.5 Å². The first-order valence-electron chi connectivity index (χ1n) is 7.96. The molecule has 5 nitrogen and oxygen atoms in total. The summed E-state index contributed by atoms with van der Waals surface area (Å²) < 4.78 is 27.2. The lowest BCUT2D eigenvalue weighted by molar-refractivity contribution is -0.116. The summed E-state index contributed by atoms with van der Waals surface area (Å²) >= 11 is 0. The van der Waals surface area contributed by atoms with E-state index in [0.717, 1.165) is 11.1 Å². The zero-order valence-electron chi connectivity index (χ0n) is 14.3. The topological polar surface area (TPSA) is 75.3 Å². The van der Waals surface area contributed by atoms with E-state index in [2.05, 4.69) is 10.0 Å². The zero-order valence-corrected chi connectivity index (χ0v) is 15.1. The molecule has 6 heteroatoms. The van der Waals surface area contributed by atoms with E-state index in [9.17, 15) is 13.2 Å². The van der Waals surface area contributed by atoms with Gasteiger partial charge in [-0.05, 0) is 42.7 Å². The Morgan fingerprint density at radius 3 is 2.48 bits per heavy atom. The smallest absolute Gasteiger partial charge is 0.244 e. The van der Waals surface area contributed by atoms with Crippen LogP contribution in [0.5, 0.6) is 0 Å². The molecule has 0 saturated carbocycles.